The third-order valence-electron chi connectivity index (χ3n) is 2.89. The number of aryl methyl sites for hydroxylation is 1. The van der Waals surface area contributed by atoms with Crippen molar-refractivity contribution in [2.45, 2.75) is 32.7 Å². The first-order chi connectivity index (χ1) is 8.99. The second kappa shape index (κ2) is 6.63. The molecule has 0 saturated heterocycles. The zero-order chi connectivity index (χ0) is 14.4. The summed E-state index contributed by atoms with van der Waals surface area (Å²) in [5.41, 5.74) is 6.27. The van der Waals surface area contributed by atoms with Crippen LogP contribution >= 0.6 is 0 Å². The number of carbonyl (C=O) groups excluding carboxylic acids is 1. The molecule has 0 spiro atoms. The summed E-state index contributed by atoms with van der Waals surface area (Å²) in [6, 6.07) is 4.73. The largest absolute Gasteiger partial charge is 0.507 e. The summed E-state index contributed by atoms with van der Waals surface area (Å²) in [7, 11) is 0. The van der Waals surface area contributed by atoms with Crippen LogP contribution in [0, 0.1) is 6.92 Å². The van der Waals surface area contributed by atoms with Gasteiger partial charge in [0.2, 0.25) is 0 Å². The molecule has 6 nitrogen and oxygen atoms in total. The number of nitrogens with two attached hydrogens (primary N) is 1. The Bertz CT molecular complexity index is 486. The van der Waals surface area contributed by atoms with Crippen LogP contribution in [0.1, 0.15) is 35.7 Å². The number of hydrogen-bond acceptors (Lipinski definition) is 4. The highest BCUT2D eigenvalue weighted by atomic mass is 16.4. The molecule has 5 N–H and O–H groups in total. The highest BCUT2D eigenvalue weighted by molar-refractivity contribution is 5.97. The Morgan fingerprint density at radius 1 is 1.53 bits per heavy atom. The Morgan fingerprint density at radius 2 is 2.21 bits per heavy atom. The number of phenolic OH excluding ortho intramolecular Hbond substituents is 1. The number of nitrogens with zero attached hydrogens (tertiary/aromatic N) is 1. The van der Waals surface area contributed by atoms with Gasteiger partial charge in [-0.05, 0) is 25.0 Å². The van der Waals surface area contributed by atoms with Crippen molar-refractivity contribution < 1.29 is 15.1 Å². The van der Waals surface area contributed by atoms with Crippen LogP contribution in [0.5, 0.6) is 5.75 Å². The molecule has 1 unspecified atom stereocenters. The Morgan fingerprint density at radius 3 is 2.79 bits per heavy atom. The maximum absolute atomic E-state index is 12.0. The van der Waals surface area contributed by atoms with Crippen LogP contribution in [0.2, 0.25) is 0 Å². The average molecular weight is 265 g/mol. The van der Waals surface area contributed by atoms with Gasteiger partial charge in [0, 0.05) is 12.5 Å². The summed E-state index contributed by atoms with van der Waals surface area (Å²) in [5.74, 6) is -0.349. The number of benzene rings is 1. The molecular weight excluding hydrogens is 246 g/mol. The van der Waals surface area contributed by atoms with Crippen molar-refractivity contribution in [3.63, 3.8) is 0 Å². The lowest BCUT2D eigenvalue weighted by Gasteiger charge is -2.17. The minimum absolute atomic E-state index is 0.0290. The molecule has 104 valence electrons. The van der Waals surface area contributed by atoms with Crippen LogP contribution < -0.4 is 11.1 Å². The van der Waals surface area contributed by atoms with E-state index in [4.69, 9.17) is 10.9 Å². The molecule has 19 heavy (non-hydrogen) atoms. The van der Waals surface area contributed by atoms with Crippen LogP contribution in [0.15, 0.2) is 23.4 Å². The van der Waals surface area contributed by atoms with Gasteiger partial charge < -0.3 is 21.4 Å². The molecule has 1 aromatic carbocycles. The van der Waals surface area contributed by atoms with E-state index in [1.165, 1.54) is 0 Å². The number of amidine groups is 1. The van der Waals surface area contributed by atoms with Crippen LogP contribution in [-0.2, 0) is 0 Å². The van der Waals surface area contributed by atoms with E-state index in [1.54, 1.807) is 25.1 Å². The highest BCUT2D eigenvalue weighted by Gasteiger charge is 2.17. The Balaban J connectivity index is 2.80. The van der Waals surface area contributed by atoms with Crippen molar-refractivity contribution in [1.82, 2.24) is 5.32 Å². The van der Waals surface area contributed by atoms with Gasteiger partial charge in [-0.15, -0.1) is 0 Å². The maximum Gasteiger partial charge on any atom is 0.255 e. The number of para-hydroxylation sites is 1. The van der Waals surface area contributed by atoms with Crippen molar-refractivity contribution in [2.24, 2.45) is 10.9 Å². The molecule has 0 heterocycles. The molecule has 1 rings (SSSR count). The van der Waals surface area contributed by atoms with Crippen molar-refractivity contribution in [3.05, 3.63) is 29.3 Å². The van der Waals surface area contributed by atoms with E-state index in [2.05, 4.69) is 10.5 Å². The third kappa shape index (κ3) is 3.87. The fourth-order valence-electron chi connectivity index (χ4n) is 1.70. The van der Waals surface area contributed by atoms with Crippen molar-refractivity contribution in [1.29, 1.82) is 0 Å². The summed E-state index contributed by atoms with van der Waals surface area (Å²) in [5, 5.41) is 24.0. The lowest BCUT2D eigenvalue weighted by molar-refractivity contribution is 0.0934. The number of aromatic hydroxyl groups is 1. The maximum atomic E-state index is 12.0. The van der Waals surface area contributed by atoms with Gasteiger partial charge in [-0.3, -0.25) is 4.79 Å². The van der Waals surface area contributed by atoms with Gasteiger partial charge in [-0.25, -0.2) is 0 Å². The molecule has 1 atom stereocenters. The lowest BCUT2D eigenvalue weighted by atomic mass is 10.1. The van der Waals surface area contributed by atoms with Crippen LogP contribution in [0.4, 0.5) is 0 Å². The van der Waals surface area contributed by atoms with Crippen LogP contribution in [0.25, 0.3) is 0 Å². The number of phenols is 1. The number of amides is 1. The van der Waals surface area contributed by atoms with Gasteiger partial charge in [0.25, 0.3) is 5.91 Å². The smallest absolute Gasteiger partial charge is 0.255 e. The molecule has 0 fully saturated rings. The summed E-state index contributed by atoms with van der Waals surface area (Å²) in [6.45, 7) is 3.60. The van der Waals surface area contributed by atoms with Crippen LogP contribution in [0.3, 0.4) is 0 Å². The molecule has 0 aliphatic carbocycles. The van der Waals surface area contributed by atoms with Crippen molar-refractivity contribution in [2.75, 3.05) is 0 Å². The van der Waals surface area contributed by atoms with Gasteiger partial charge in [0.1, 0.15) is 11.6 Å². The molecule has 0 saturated carbocycles. The summed E-state index contributed by atoms with van der Waals surface area (Å²) >= 11 is 0. The number of oxime groups is 1. The molecule has 0 bridgehead atoms. The average Bonchev–Trinajstić information content (AvgIpc) is 2.40. The number of carbonyl (C=O) groups is 1. The van der Waals surface area contributed by atoms with E-state index in [9.17, 15) is 9.90 Å². The minimum atomic E-state index is -0.376. The molecule has 1 amide bonds. The highest BCUT2D eigenvalue weighted by Crippen LogP contribution is 2.21. The molecular formula is C13H19N3O3. The second-order valence-electron chi connectivity index (χ2n) is 4.35. The van der Waals surface area contributed by atoms with E-state index in [-0.39, 0.29) is 35.5 Å². The Kier molecular flexibility index (Phi) is 5.17. The summed E-state index contributed by atoms with van der Waals surface area (Å²) in [6.07, 6.45) is 0.889. The summed E-state index contributed by atoms with van der Waals surface area (Å²) in [4.78, 5) is 12.0. The van der Waals surface area contributed by atoms with Gasteiger partial charge in [-0.2, -0.15) is 0 Å². The normalized spacial score (nSPS) is 13.1. The monoisotopic (exact) mass is 265 g/mol. The fourth-order valence-corrected chi connectivity index (χ4v) is 1.70. The quantitative estimate of drug-likeness (QED) is 0.279. The third-order valence-corrected chi connectivity index (χ3v) is 2.89. The molecule has 0 aromatic heterocycles. The van der Waals surface area contributed by atoms with E-state index < -0.39 is 0 Å². The van der Waals surface area contributed by atoms with Gasteiger partial charge in [-0.1, -0.05) is 24.2 Å². The van der Waals surface area contributed by atoms with E-state index in [0.717, 1.165) is 0 Å². The van der Waals surface area contributed by atoms with Crippen molar-refractivity contribution in [3.8, 4) is 5.75 Å². The standard InChI is InChI=1S/C13H19N3O3/c1-3-9(7-11(14)16-19)15-13(18)10-6-4-5-8(2)12(10)17/h4-6,9,17,19H,3,7H2,1-2H3,(H2,14,16)(H,15,18). The molecule has 0 aliphatic heterocycles. The zero-order valence-electron chi connectivity index (χ0n) is 11.1. The molecule has 1 aromatic rings. The van der Waals surface area contributed by atoms with Crippen molar-refractivity contribution >= 4 is 11.7 Å². The predicted molar refractivity (Wildman–Crippen MR) is 72.4 cm³/mol. The number of rotatable bonds is 5. The van der Waals surface area contributed by atoms with E-state index >= 15 is 0 Å². The molecule has 0 radical (unpaired) electrons. The van der Waals surface area contributed by atoms with Gasteiger partial charge in [0.05, 0.1) is 5.56 Å². The first-order valence-corrected chi connectivity index (χ1v) is 6.05. The first kappa shape index (κ1) is 14.8. The van der Waals surface area contributed by atoms with Gasteiger partial charge in [0.15, 0.2) is 0 Å². The molecule has 6 heteroatoms. The molecule has 0 aliphatic rings. The Labute approximate surface area is 111 Å². The van der Waals surface area contributed by atoms with E-state index in [0.29, 0.717) is 12.0 Å². The topological polar surface area (TPSA) is 108 Å². The Hall–Kier alpha value is -2.24. The SMILES string of the molecule is CCC(CC(N)=NO)NC(=O)c1cccc(C)c1O. The first-order valence-electron chi connectivity index (χ1n) is 6.05. The zero-order valence-corrected chi connectivity index (χ0v) is 11.1. The summed E-state index contributed by atoms with van der Waals surface area (Å²) < 4.78 is 0. The van der Waals surface area contributed by atoms with Crippen LogP contribution in [-0.4, -0.2) is 28.1 Å². The minimum Gasteiger partial charge on any atom is -0.507 e. The number of nitrogens with one attached hydrogen (secondary N) is 1. The lowest BCUT2D eigenvalue weighted by Crippen LogP contribution is -2.37. The predicted octanol–water partition coefficient (Wildman–Crippen LogP) is 1.35. The fraction of sp³-hybridized carbons (Fsp3) is 0.385. The van der Waals surface area contributed by atoms with Gasteiger partial charge >= 0.3 is 0 Å². The number of hydrogen-bond donors (Lipinski definition) is 4. The van der Waals surface area contributed by atoms with E-state index in [1.807, 2.05) is 6.92 Å². The second-order valence-corrected chi connectivity index (χ2v) is 4.35.